The normalized spacial score (nSPS) is 35.3. The first-order chi connectivity index (χ1) is 4.12. The van der Waals surface area contributed by atoms with Crippen LogP contribution >= 0.6 is 0 Å². The molecule has 0 amide bonds. The summed E-state index contributed by atoms with van der Waals surface area (Å²) in [6, 6.07) is 0. The van der Waals surface area contributed by atoms with E-state index < -0.39 is 0 Å². The fourth-order valence-electron chi connectivity index (χ4n) is 2.02. The molecular weight excluding hydrogens is 110 g/mol. The van der Waals surface area contributed by atoms with E-state index in [-0.39, 0.29) is 0 Å². The lowest BCUT2D eigenvalue weighted by atomic mass is 9.95. The zero-order chi connectivity index (χ0) is 6.54. The van der Waals surface area contributed by atoms with Crippen LogP contribution in [0, 0.1) is 5.41 Å². The van der Waals surface area contributed by atoms with Crippen molar-refractivity contribution < 1.29 is 0 Å². The third-order valence-electron chi connectivity index (χ3n) is 2.72. The van der Waals surface area contributed by atoms with Crippen molar-refractivity contribution in [2.45, 2.75) is 38.6 Å². The van der Waals surface area contributed by atoms with E-state index in [1.807, 2.05) is 0 Å². The highest BCUT2D eigenvalue weighted by Gasteiger charge is 2.50. The van der Waals surface area contributed by atoms with Crippen LogP contribution in [-0.4, -0.2) is 12.1 Å². The van der Waals surface area contributed by atoms with Crippen LogP contribution in [0.2, 0.25) is 0 Å². The van der Waals surface area contributed by atoms with E-state index in [0.717, 1.165) is 5.41 Å². The van der Waals surface area contributed by atoms with Crippen molar-refractivity contribution >= 4 is 0 Å². The Hall–Kier alpha value is -0.0400. The van der Waals surface area contributed by atoms with Crippen molar-refractivity contribution in [1.82, 2.24) is 5.32 Å². The van der Waals surface area contributed by atoms with Crippen LogP contribution in [0.4, 0.5) is 0 Å². The van der Waals surface area contributed by atoms with Crippen LogP contribution < -0.4 is 5.32 Å². The monoisotopic (exact) mass is 125 g/mol. The average Bonchev–Trinajstić information content (AvgIpc) is 2.36. The van der Waals surface area contributed by atoms with Gasteiger partial charge in [-0.15, -0.1) is 0 Å². The minimum atomic E-state index is 0.441. The lowest BCUT2D eigenvalue weighted by molar-refractivity contribution is 0.436. The number of hydrogen-bond donors (Lipinski definition) is 1. The van der Waals surface area contributed by atoms with Gasteiger partial charge in [-0.25, -0.2) is 0 Å². The molecule has 1 spiro atoms. The molecule has 0 radical (unpaired) electrons. The quantitative estimate of drug-likeness (QED) is 0.518. The molecule has 2 fully saturated rings. The SMILES string of the molecule is CC1(C)CC2(CC2)CN1. The molecule has 1 N–H and O–H groups in total. The van der Waals surface area contributed by atoms with Gasteiger partial charge in [-0.3, -0.25) is 0 Å². The Bertz CT molecular complexity index is 130. The summed E-state index contributed by atoms with van der Waals surface area (Å²) in [5.74, 6) is 0. The fourth-order valence-corrected chi connectivity index (χ4v) is 2.02. The minimum absolute atomic E-state index is 0.441. The summed E-state index contributed by atoms with van der Waals surface area (Å²) in [4.78, 5) is 0. The van der Waals surface area contributed by atoms with Crippen molar-refractivity contribution in [2.75, 3.05) is 6.54 Å². The predicted octanol–water partition coefficient (Wildman–Crippen LogP) is 1.54. The summed E-state index contributed by atoms with van der Waals surface area (Å²) in [6.07, 6.45) is 4.35. The van der Waals surface area contributed by atoms with Gasteiger partial charge in [-0.2, -0.15) is 0 Å². The zero-order valence-corrected chi connectivity index (χ0v) is 6.33. The molecule has 1 heteroatoms. The van der Waals surface area contributed by atoms with Crippen LogP contribution in [0.1, 0.15) is 33.1 Å². The van der Waals surface area contributed by atoms with E-state index in [2.05, 4.69) is 19.2 Å². The van der Waals surface area contributed by atoms with E-state index in [4.69, 9.17) is 0 Å². The molecule has 52 valence electrons. The summed E-state index contributed by atoms with van der Waals surface area (Å²) in [5.41, 5.74) is 1.21. The molecule has 2 aliphatic rings. The van der Waals surface area contributed by atoms with Crippen LogP contribution in [0.25, 0.3) is 0 Å². The maximum atomic E-state index is 3.55. The molecule has 2 rings (SSSR count). The van der Waals surface area contributed by atoms with Crippen molar-refractivity contribution in [3.05, 3.63) is 0 Å². The van der Waals surface area contributed by atoms with Gasteiger partial charge in [0.05, 0.1) is 0 Å². The summed E-state index contributed by atoms with van der Waals surface area (Å²) in [6.45, 7) is 5.89. The molecule has 1 aliphatic heterocycles. The first kappa shape index (κ1) is 5.72. The fraction of sp³-hybridized carbons (Fsp3) is 1.00. The topological polar surface area (TPSA) is 12.0 Å². The molecule has 9 heavy (non-hydrogen) atoms. The first-order valence-corrected chi connectivity index (χ1v) is 3.87. The van der Waals surface area contributed by atoms with Gasteiger partial charge in [0.2, 0.25) is 0 Å². The Morgan fingerprint density at radius 2 is 1.89 bits per heavy atom. The molecule has 0 aromatic carbocycles. The second-order valence-electron chi connectivity index (χ2n) is 4.41. The number of nitrogens with one attached hydrogen (secondary N) is 1. The molecule has 1 heterocycles. The molecule has 1 saturated carbocycles. The van der Waals surface area contributed by atoms with Gasteiger partial charge >= 0.3 is 0 Å². The third-order valence-corrected chi connectivity index (χ3v) is 2.72. The molecular formula is C8H15N. The van der Waals surface area contributed by atoms with Crippen LogP contribution in [0.15, 0.2) is 0 Å². The summed E-state index contributed by atoms with van der Waals surface area (Å²) < 4.78 is 0. The molecule has 0 atom stereocenters. The summed E-state index contributed by atoms with van der Waals surface area (Å²) in [5, 5.41) is 3.55. The zero-order valence-electron chi connectivity index (χ0n) is 6.33. The van der Waals surface area contributed by atoms with Crippen LogP contribution in [-0.2, 0) is 0 Å². The highest BCUT2D eigenvalue weighted by Crippen LogP contribution is 2.54. The first-order valence-electron chi connectivity index (χ1n) is 3.87. The molecule has 0 bridgehead atoms. The maximum absolute atomic E-state index is 3.55. The molecule has 0 unspecified atom stereocenters. The largest absolute Gasteiger partial charge is 0.311 e. The second kappa shape index (κ2) is 1.34. The van der Waals surface area contributed by atoms with Gasteiger partial charge in [0.25, 0.3) is 0 Å². The number of rotatable bonds is 0. The second-order valence-corrected chi connectivity index (χ2v) is 4.41. The van der Waals surface area contributed by atoms with E-state index in [0.29, 0.717) is 5.54 Å². The van der Waals surface area contributed by atoms with Crippen molar-refractivity contribution in [2.24, 2.45) is 5.41 Å². The van der Waals surface area contributed by atoms with E-state index in [1.165, 1.54) is 25.8 Å². The average molecular weight is 125 g/mol. The van der Waals surface area contributed by atoms with Gasteiger partial charge in [0, 0.05) is 12.1 Å². The van der Waals surface area contributed by atoms with Gasteiger partial charge in [-0.05, 0) is 38.5 Å². The van der Waals surface area contributed by atoms with Crippen LogP contribution in [0.5, 0.6) is 0 Å². The standard InChI is InChI=1S/C8H15N/c1-7(2)5-8(3-4-8)6-9-7/h9H,3-6H2,1-2H3. The van der Waals surface area contributed by atoms with Gasteiger partial charge in [0.1, 0.15) is 0 Å². The number of hydrogen-bond acceptors (Lipinski definition) is 1. The Morgan fingerprint density at radius 3 is 2.11 bits per heavy atom. The van der Waals surface area contributed by atoms with Crippen molar-refractivity contribution in [3.63, 3.8) is 0 Å². The maximum Gasteiger partial charge on any atom is 0.0131 e. The Balaban J connectivity index is 2.08. The highest BCUT2D eigenvalue weighted by atomic mass is 15.0. The van der Waals surface area contributed by atoms with Crippen LogP contribution in [0.3, 0.4) is 0 Å². The molecule has 1 nitrogen and oxygen atoms in total. The molecule has 0 aromatic heterocycles. The summed E-state index contributed by atoms with van der Waals surface area (Å²) >= 11 is 0. The van der Waals surface area contributed by atoms with Gasteiger partial charge < -0.3 is 5.32 Å². The van der Waals surface area contributed by atoms with Gasteiger partial charge in [0.15, 0.2) is 0 Å². The predicted molar refractivity (Wildman–Crippen MR) is 38.4 cm³/mol. The Labute approximate surface area is 56.8 Å². The Kier molecular flexibility index (Phi) is 0.852. The summed E-state index contributed by atoms with van der Waals surface area (Å²) in [7, 11) is 0. The lowest BCUT2D eigenvalue weighted by Gasteiger charge is -2.16. The lowest BCUT2D eigenvalue weighted by Crippen LogP contribution is -2.31. The molecule has 1 saturated heterocycles. The third kappa shape index (κ3) is 0.877. The molecule has 1 aliphatic carbocycles. The Morgan fingerprint density at radius 1 is 1.22 bits per heavy atom. The van der Waals surface area contributed by atoms with Crippen molar-refractivity contribution in [3.8, 4) is 0 Å². The smallest absolute Gasteiger partial charge is 0.0131 e. The highest BCUT2D eigenvalue weighted by molar-refractivity contribution is 5.06. The van der Waals surface area contributed by atoms with Crippen molar-refractivity contribution in [1.29, 1.82) is 0 Å². The molecule has 0 aromatic rings. The van der Waals surface area contributed by atoms with E-state index in [9.17, 15) is 0 Å². The van der Waals surface area contributed by atoms with E-state index in [1.54, 1.807) is 0 Å². The van der Waals surface area contributed by atoms with Gasteiger partial charge in [-0.1, -0.05) is 0 Å². The minimum Gasteiger partial charge on any atom is -0.311 e. The van der Waals surface area contributed by atoms with E-state index >= 15 is 0 Å².